The van der Waals surface area contributed by atoms with Crippen molar-refractivity contribution in [3.05, 3.63) is 59.7 Å². The van der Waals surface area contributed by atoms with Gasteiger partial charge in [0, 0.05) is 22.6 Å². The molecule has 0 aliphatic carbocycles. The van der Waals surface area contributed by atoms with E-state index in [1.165, 1.54) is 0 Å². The van der Waals surface area contributed by atoms with E-state index in [1.807, 2.05) is 0 Å². The summed E-state index contributed by atoms with van der Waals surface area (Å²) in [5.41, 5.74) is 1.39. The van der Waals surface area contributed by atoms with E-state index in [4.69, 9.17) is 9.47 Å². The number of oxime groups is 1. The van der Waals surface area contributed by atoms with Crippen LogP contribution in [0.25, 0.3) is 0 Å². The molecule has 2 rings (SSSR count). The fourth-order valence-corrected chi connectivity index (χ4v) is 1.98. The molecule has 5 nitrogen and oxygen atoms in total. The maximum absolute atomic E-state index is 10.4. The molecule has 0 aliphatic heterocycles. The third kappa shape index (κ3) is 4.01. The minimum atomic E-state index is -1.03. The van der Waals surface area contributed by atoms with Crippen molar-refractivity contribution >= 4 is 5.71 Å². The van der Waals surface area contributed by atoms with Gasteiger partial charge in [-0.1, -0.05) is 17.3 Å². The maximum atomic E-state index is 10.4. The van der Waals surface area contributed by atoms with E-state index in [0.717, 1.165) is 0 Å². The topological polar surface area (TPSA) is 71.3 Å². The van der Waals surface area contributed by atoms with Crippen LogP contribution in [0.5, 0.6) is 11.5 Å². The summed E-state index contributed by atoms with van der Waals surface area (Å²) in [5, 5.41) is 22.8. The molecule has 0 heterocycles. The molecule has 1 unspecified atom stereocenters. The number of benzene rings is 2. The Kier molecular flexibility index (Phi) is 6.92. The number of rotatable bonds is 5. The molecule has 0 aromatic heterocycles. The molecule has 0 fully saturated rings. The number of methoxy groups -OCH3 is 2. The van der Waals surface area contributed by atoms with Crippen LogP contribution >= 0.6 is 0 Å². The molecule has 0 saturated carbocycles. The van der Waals surface area contributed by atoms with Crippen LogP contribution in [0, 0.1) is 0 Å². The molecule has 121 valence electrons. The van der Waals surface area contributed by atoms with Crippen molar-refractivity contribution in [1.82, 2.24) is 0 Å². The molecular formula is C16H17CuNO4. The standard InChI is InChI=1S/C16H17NO4.Cu/c1-20-13-7-3-11(4-8-13)15(17-19)16(18)12-5-9-14(21-2)10-6-12;/h3-10,16,18-19H,1-2H3;. The summed E-state index contributed by atoms with van der Waals surface area (Å²) >= 11 is 0. The number of hydrogen-bond donors (Lipinski definition) is 2. The summed E-state index contributed by atoms with van der Waals surface area (Å²) in [6, 6.07) is 13.8. The molecule has 22 heavy (non-hydrogen) atoms. The van der Waals surface area contributed by atoms with Crippen LogP contribution in [-0.4, -0.2) is 30.2 Å². The first-order valence-corrected chi connectivity index (χ1v) is 6.38. The molecular weight excluding hydrogens is 334 g/mol. The minimum Gasteiger partial charge on any atom is -0.497 e. The first kappa shape index (κ1) is 18.0. The summed E-state index contributed by atoms with van der Waals surface area (Å²) in [6.07, 6.45) is -1.03. The van der Waals surface area contributed by atoms with E-state index in [-0.39, 0.29) is 22.8 Å². The SMILES string of the molecule is COc1ccc(C(=NO)C(O)c2ccc(OC)cc2)cc1.[Cu]. The predicted molar refractivity (Wildman–Crippen MR) is 79.3 cm³/mol. The van der Waals surface area contributed by atoms with Crippen molar-refractivity contribution in [1.29, 1.82) is 0 Å². The van der Waals surface area contributed by atoms with Crippen molar-refractivity contribution in [2.45, 2.75) is 6.10 Å². The van der Waals surface area contributed by atoms with Gasteiger partial charge in [0.25, 0.3) is 0 Å². The number of aliphatic hydroxyl groups excluding tert-OH is 1. The Hall–Kier alpha value is -2.01. The van der Waals surface area contributed by atoms with Gasteiger partial charge in [0.2, 0.25) is 0 Å². The molecule has 2 N–H and O–H groups in total. The molecule has 0 bridgehead atoms. The molecule has 1 atom stereocenters. The molecule has 6 heteroatoms. The molecule has 0 amide bonds. The van der Waals surface area contributed by atoms with Crippen molar-refractivity contribution in [2.75, 3.05) is 14.2 Å². The summed E-state index contributed by atoms with van der Waals surface area (Å²) in [7, 11) is 3.14. The average molecular weight is 351 g/mol. The summed E-state index contributed by atoms with van der Waals surface area (Å²) in [4.78, 5) is 0. The van der Waals surface area contributed by atoms with E-state index >= 15 is 0 Å². The fourth-order valence-electron chi connectivity index (χ4n) is 1.98. The molecule has 0 spiro atoms. The summed E-state index contributed by atoms with van der Waals surface area (Å²) in [6.45, 7) is 0. The van der Waals surface area contributed by atoms with Crippen LogP contribution in [0.1, 0.15) is 17.2 Å². The summed E-state index contributed by atoms with van der Waals surface area (Å²) < 4.78 is 10.1. The largest absolute Gasteiger partial charge is 0.497 e. The normalized spacial score (nSPS) is 12.2. The van der Waals surface area contributed by atoms with Gasteiger partial charge in [-0.15, -0.1) is 0 Å². The minimum absolute atomic E-state index is 0. The third-order valence-electron chi connectivity index (χ3n) is 3.18. The monoisotopic (exact) mass is 350 g/mol. The van der Waals surface area contributed by atoms with Crippen LogP contribution in [0.2, 0.25) is 0 Å². The van der Waals surface area contributed by atoms with Gasteiger partial charge in [-0.2, -0.15) is 0 Å². The maximum Gasteiger partial charge on any atom is 0.125 e. The van der Waals surface area contributed by atoms with Crippen LogP contribution in [0.4, 0.5) is 0 Å². The Morgan fingerprint density at radius 1 is 0.909 bits per heavy atom. The smallest absolute Gasteiger partial charge is 0.125 e. The van der Waals surface area contributed by atoms with Gasteiger partial charge < -0.3 is 19.8 Å². The van der Waals surface area contributed by atoms with Crippen molar-refractivity contribution < 1.29 is 36.9 Å². The van der Waals surface area contributed by atoms with Gasteiger partial charge in [-0.05, 0) is 42.0 Å². The van der Waals surface area contributed by atoms with Crippen molar-refractivity contribution in [3.8, 4) is 11.5 Å². The van der Waals surface area contributed by atoms with Gasteiger partial charge >= 0.3 is 0 Å². The Balaban J connectivity index is 0.00000242. The van der Waals surface area contributed by atoms with E-state index in [9.17, 15) is 10.3 Å². The third-order valence-corrected chi connectivity index (χ3v) is 3.18. The van der Waals surface area contributed by atoms with Gasteiger partial charge in [0.1, 0.15) is 23.3 Å². The van der Waals surface area contributed by atoms with Crippen molar-refractivity contribution in [2.24, 2.45) is 5.16 Å². The number of hydrogen-bond acceptors (Lipinski definition) is 5. The predicted octanol–water partition coefficient (Wildman–Crippen LogP) is 2.61. The van der Waals surface area contributed by atoms with Crippen LogP contribution in [0.3, 0.4) is 0 Å². The van der Waals surface area contributed by atoms with E-state index in [1.54, 1.807) is 62.8 Å². The molecule has 2 aromatic carbocycles. The molecule has 0 aliphatic rings. The van der Waals surface area contributed by atoms with E-state index < -0.39 is 6.10 Å². The van der Waals surface area contributed by atoms with Gasteiger partial charge in [-0.3, -0.25) is 0 Å². The van der Waals surface area contributed by atoms with Gasteiger partial charge in [0.05, 0.1) is 14.2 Å². The Labute approximate surface area is 139 Å². The van der Waals surface area contributed by atoms with E-state index in [0.29, 0.717) is 22.6 Å². The molecule has 1 radical (unpaired) electrons. The molecule has 2 aromatic rings. The Morgan fingerprint density at radius 2 is 1.36 bits per heavy atom. The zero-order chi connectivity index (χ0) is 15.2. The van der Waals surface area contributed by atoms with E-state index in [2.05, 4.69) is 5.16 Å². The summed E-state index contributed by atoms with van der Waals surface area (Å²) in [5.74, 6) is 1.38. The average Bonchev–Trinajstić information content (AvgIpc) is 2.56. The first-order valence-electron chi connectivity index (χ1n) is 6.38. The number of ether oxygens (including phenoxy) is 2. The zero-order valence-electron chi connectivity index (χ0n) is 12.2. The van der Waals surface area contributed by atoms with Crippen molar-refractivity contribution in [3.63, 3.8) is 0 Å². The zero-order valence-corrected chi connectivity index (χ0v) is 13.1. The second-order valence-electron chi connectivity index (χ2n) is 4.39. The Morgan fingerprint density at radius 3 is 1.77 bits per heavy atom. The quantitative estimate of drug-likeness (QED) is 0.376. The van der Waals surface area contributed by atoms with Crippen LogP contribution < -0.4 is 9.47 Å². The molecule has 0 saturated heterocycles. The van der Waals surface area contributed by atoms with Gasteiger partial charge in [0.15, 0.2) is 0 Å². The number of aliphatic hydroxyl groups is 1. The van der Waals surface area contributed by atoms with Crippen LogP contribution in [0.15, 0.2) is 53.7 Å². The fraction of sp³-hybridized carbons (Fsp3) is 0.188. The number of nitrogens with zero attached hydrogens (tertiary/aromatic N) is 1. The second kappa shape index (κ2) is 8.44. The van der Waals surface area contributed by atoms with Gasteiger partial charge in [-0.25, -0.2) is 0 Å². The van der Waals surface area contributed by atoms with Crippen LogP contribution in [-0.2, 0) is 17.1 Å². The Bertz CT molecular complexity index is 611. The second-order valence-corrected chi connectivity index (χ2v) is 4.39. The first-order chi connectivity index (χ1) is 10.2.